The van der Waals surface area contributed by atoms with Crippen molar-refractivity contribution in [3.63, 3.8) is 0 Å². The fraction of sp³-hybridized carbons (Fsp3) is 0.429. The zero-order chi connectivity index (χ0) is 14.9. The summed E-state index contributed by atoms with van der Waals surface area (Å²) in [6.45, 7) is 1.77. The lowest BCUT2D eigenvalue weighted by Gasteiger charge is -2.06. The topological polar surface area (TPSA) is 51.0 Å². The molecule has 2 aromatic rings. The van der Waals surface area contributed by atoms with Gasteiger partial charge in [-0.3, -0.25) is 0 Å². The number of hydrogen-bond acceptors (Lipinski definition) is 4. The molecule has 0 bridgehead atoms. The Morgan fingerprint density at radius 1 is 1.24 bits per heavy atom. The van der Waals surface area contributed by atoms with Gasteiger partial charge >= 0.3 is 6.18 Å². The highest BCUT2D eigenvalue weighted by molar-refractivity contribution is 5.26. The van der Waals surface area contributed by atoms with Crippen LogP contribution in [-0.4, -0.2) is 23.2 Å². The van der Waals surface area contributed by atoms with Crippen molar-refractivity contribution in [3.8, 4) is 0 Å². The molecule has 0 aliphatic carbocycles. The summed E-state index contributed by atoms with van der Waals surface area (Å²) in [5.74, 6) is 1.36. The number of rotatable bonds is 3. The second kappa shape index (κ2) is 5.48. The summed E-state index contributed by atoms with van der Waals surface area (Å²) in [6.07, 6.45) is -3.00. The summed E-state index contributed by atoms with van der Waals surface area (Å²) >= 11 is 0. The maximum Gasteiger partial charge on any atom is 0.416 e. The third-order valence-electron chi connectivity index (χ3n) is 3.55. The molecule has 0 saturated carbocycles. The molecule has 0 amide bonds. The van der Waals surface area contributed by atoms with Gasteiger partial charge < -0.3 is 9.84 Å². The van der Waals surface area contributed by atoms with Crippen LogP contribution < -0.4 is 5.32 Å². The molecule has 1 atom stereocenters. The van der Waals surface area contributed by atoms with Crippen LogP contribution in [0.15, 0.2) is 28.8 Å². The Balaban J connectivity index is 1.69. The number of benzene rings is 1. The normalized spacial score (nSPS) is 19.1. The van der Waals surface area contributed by atoms with Crippen molar-refractivity contribution in [3.05, 3.63) is 47.1 Å². The molecule has 21 heavy (non-hydrogen) atoms. The fourth-order valence-corrected chi connectivity index (χ4v) is 2.37. The van der Waals surface area contributed by atoms with Crippen molar-refractivity contribution in [2.24, 2.45) is 0 Å². The summed E-state index contributed by atoms with van der Waals surface area (Å²) in [7, 11) is 0. The van der Waals surface area contributed by atoms with Gasteiger partial charge in [0.2, 0.25) is 5.89 Å². The first-order valence-electron chi connectivity index (χ1n) is 6.72. The van der Waals surface area contributed by atoms with E-state index in [0.29, 0.717) is 23.7 Å². The van der Waals surface area contributed by atoms with Crippen LogP contribution in [0.1, 0.15) is 35.2 Å². The predicted octanol–water partition coefficient (Wildman–Crippen LogP) is 2.76. The van der Waals surface area contributed by atoms with E-state index in [-0.39, 0.29) is 5.92 Å². The molecule has 3 rings (SSSR count). The monoisotopic (exact) mass is 297 g/mol. The van der Waals surface area contributed by atoms with Gasteiger partial charge in [0.05, 0.1) is 12.0 Å². The van der Waals surface area contributed by atoms with Crippen LogP contribution in [-0.2, 0) is 12.6 Å². The Morgan fingerprint density at radius 3 is 2.62 bits per heavy atom. The third-order valence-corrected chi connectivity index (χ3v) is 3.55. The van der Waals surface area contributed by atoms with Gasteiger partial charge in [-0.2, -0.15) is 18.2 Å². The van der Waals surface area contributed by atoms with Gasteiger partial charge in [0, 0.05) is 12.5 Å². The molecule has 0 spiro atoms. The van der Waals surface area contributed by atoms with Gasteiger partial charge in [0.15, 0.2) is 5.82 Å². The molecule has 1 aliphatic rings. The molecular formula is C14H14F3N3O. The van der Waals surface area contributed by atoms with Gasteiger partial charge in [0.1, 0.15) is 0 Å². The molecule has 0 radical (unpaired) electrons. The van der Waals surface area contributed by atoms with Crippen LogP contribution in [0.3, 0.4) is 0 Å². The molecule has 1 aromatic heterocycles. The summed E-state index contributed by atoms with van der Waals surface area (Å²) in [5.41, 5.74) is 0.0530. The highest BCUT2D eigenvalue weighted by atomic mass is 19.4. The Kier molecular flexibility index (Phi) is 3.67. The van der Waals surface area contributed by atoms with Crippen LogP contribution in [0.4, 0.5) is 13.2 Å². The molecule has 112 valence electrons. The number of alkyl halides is 3. The minimum absolute atomic E-state index is 0.259. The molecule has 1 aromatic carbocycles. The molecule has 1 aliphatic heterocycles. The Hall–Kier alpha value is -1.89. The van der Waals surface area contributed by atoms with Gasteiger partial charge in [-0.25, -0.2) is 0 Å². The lowest BCUT2D eigenvalue weighted by Crippen LogP contribution is -2.08. The van der Waals surface area contributed by atoms with Crippen molar-refractivity contribution in [2.45, 2.75) is 24.9 Å². The van der Waals surface area contributed by atoms with E-state index in [4.69, 9.17) is 4.52 Å². The van der Waals surface area contributed by atoms with Crippen molar-refractivity contribution in [1.82, 2.24) is 15.5 Å². The van der Waals surface area contributed by atoms with E-state index < -0.39 is 11.7 Å². The van der Waals surface area contributed by atoms with Crippen LogP contribution in [0.2, 0.25) is 0 Å². The van der Waals surface area contributed by atoms with E-state index in [1.165, 1.54) is 12.1 Å². The first kappa shape index (κ1) is 14.1. The van der Waals surface area contributed by atoms with Crippen molar-refractivity contribution in [2.75, 3.05) is 13.1 Å². The molecule has 1 saturated heterocycles. The smallest absolute Gasteiger partial charge is 0.339 e. The van der Waals surface area contributed by atoms with E-state index in [1.807, 2.05) is 0 Å². The van der Waals surface area contributed by atoms with E-state index in [2.05, 4.69) is 15.5 Å². The molecular weight excluding hydrogens is 283 g/mol. The summed E-state index contributed by atoms with van der Waals surface area (Å²) in [6, 6.07) is 4.99. The minimum atomic E-state index is -4.31. The minimum Gasteiger partial charge on any atom is -0.339 e. The molecule has 1 unspecified atom stereocenters. The average Bonchev–Trinajstić information content (AvgIpc) is 3.08. The average molecular weight is 297 g/mol. The third kappa shape index (κ3) is 3.24. The van der Waals surface area contributed by atoms with E-state index >= 15 is 0 Å². The molecule has 4 nitrogen and oxygen atoms in total. The maximum absolute atomic E-state index is 12.5. The van der Waals surface area contributed by atoms with E-state index in [1.54, 1.807) is 0 Å². The maximum atomic E-state index is 12.5. The largest absolute Gasteiger partial charge is 0.416 e. The standard InChI is InChI=1S/C14H14F3N3O/c15-14(16,17)11-3-1-9(2-4-11)7-12-19-13(20-21-12)10-5-6-18-8-10/h1-4,10,18H,5-8H2. The van der Waals surface area contributed by atoms with Crippen molar-refractivity contribution < 1.29 is 17.7 Å². The fourth-order valence-electron chi connectivity index (χ4n) is 2.37. The van der Waals surface area contributed by atoms with Crippen molar-refractivity contribution >= 4 is 0 Å². The molecule has 1 N–H and O–H groups in total. The summed E-state index contributed by atoms with van der Waals surface area (Å²) in [4.78, 5) is 4.32. The number of hydrogen-bond donors (Lipinski definition) is 1. The number of nitrogens with one attached hydrogen (secondary N) is 1. The summed E-state index contributed by atoms with van der Waals surface area (Å²) in [5, 5.41) is 7.17. The van der Waals surface area contributed by atoms with Gasteiger partial charge in [-0.1, -0.05) is 17.3 Å². The molecule has 7 heteroatoms. The van der Waals surface area contributed by atoms with Crippen LogP contribution in [0.25, 0.3) is 0 Å². The zero-order valence-corrected chi connectivity index (χ0v) is 11.2. The van der Waals surface area contributed by atoms with Crippen LogP contribution in [0.5, 0.6) is 0 Å². The highest BCUT2D eigenvalue weighted by Crippen LogP contribution is 2.29. The first-order valence-corrected chi connectivity index (χ1v) is 6.72. The van der Waals surface area contributed by atoms with Gasteiger partial charge in [-0.05, 0) is 30.7 Å². The van der Waals surface area contributed by atoms with Gasteiger partial charge in [-0.15, -0.1) is 0 Å². The summed E-state index contributed by atoms with van der Waals surface area (Å²) < 4.78 is 42.6. The SMILES string of the molecule is FC(F)(F)c1ccc(Cc2nc(C3CCNC3)no2)cc1. The first-order chi connectivity index (χ1) is 10.0. The Labute approximate surface area is 119 Å². The Morgan fingerprint density at radius 2 is 2.00 bits per heavy atom. The number of nitrogens with zero attached hydrogens (tertiary/aromatic N) is 2. The second-order valence-electron chi connectivity index (χ2n) is 5.11. The lowest BCUT2D eigenvalue weighted by atomic mass is 10.1. The molecule has 2 heterocycles. The molecule has 1 fully saturated rings. The van der Waals surface area contributed by atoms with Crippen LogP contribution >= 0.6 is 0 Å². The predicted molar refractivity (Wildman–Crippen MR) is 68.8 cm³/mol. The lowest BCUT2D eigenvalue weighted by molar-refractivity contribution is -0.137. The van der Waals surface area contributed by atoms with Crippen molar-refractivity contribution in [1.29, 1.82) is 0 Å². The van der Waals surface area contributed by atoms with Gasteiger partial charge in [0.25, 0.3) is 0 Å². The number of aromatic nitrogens is 2. The zero-order valence-electron chi connectivity index (χ0n) is 11.2. The number of halogens is 3. The van der Waals surface area contributed by atoms with E-state index in [9.17, 15) is 13.2 Å². The quantitative estimate of drug-likeness (QED) is 0.946. The van der Waals surface area contributed by atoms with Crippen LogP contribution in [0, 0.1) is 0 Å². The van der Waals surface area contributed by atoms with E-state index in [0.717, 1.165) is 31.6 Å². The Bertz CT molecular complexity index is 601. The second-order valence-corrected chi connectivity index (χ2v) is 5.11. The highest BCUT2D eigenvalue weighted by Gasteiger charge is 2.30.